The molecule has 0 saturated carbocycles. The molecular formula is C24H25ClN4OS. The number of benzene rings is 3. The molecule has 3 aromatic rings. The Balaban J connectivity index is 1.37. The molecule has 1 aliphatic rings. The number of nitrogens with one attached hydrogen (secondary N) is 2. The number of anilines is 2. The molecule has 0 spiro atoms. The maximum absolute atomic E-state index is 12.6. The smallest absolute Gasteiger partial charge is 0.257 e. The van der Waals surface area contributed by atoms with Crippen LogP contribution >= 0.6 is 23.8 Å². The lowest BCUT2D eigenvalue weighted by Gasteiger charge is -2.36. The standard InChI is InChI=1S/C24H25ClN4OS/c1-2-28-11-13-29(14-12-28)22-10-9-20(16-21(22)25)26-24(31)27-23(30)19-8-7-17-5-3-4-6-18(17)15-19/h3-10,15-16H,2,11-14H2,1H3,(H2,26,27,30,31). The van der Waals surface area contributed by atoms with E-state index >= 15 is 0 Å². The monoisotopic (exact) mass is 452 g/mol. The van der Waals surface area contributed by atoms with Crippen LogP contribution in [0, 0.1) is 0 Å². The average molecular weight is 453 g/mol. The number of likely N-dealkylation sites (N-methyl/N-ethyl adjacent to an activating group) is 1. The highest BCUT2D eigenvalue weighted by Gasteiger charge is 2.18. The predicted octanol–water partition coefficient (Wildman–Crippen LogP) is 4.76. The Labute approximate surface area is 193 Å². The third-order valence-corrected chi connectivity index (χ3v) is 6.11. The molecule has 31 heavy (non-hydrogen) atoms. The van der Waals surface area contributed by atoms with E-state index in [9.17, 15) is 4.79 Å². The summed E-state index contributed by atoms with van der Waals surface area (Å²) in [6.07, 6.45) is 0. The Morgan fingerprint density at radius 3 is 2.45 bits per heavy atom. The lowest BCUT2D eigenvalue weighted by molar-refractivity contribution is 0.0978. The van der Waals surface area contributed by atoms with E-state index in [-0.39, 0.29) is 11.0 Å². The Morgan fingerprint density at radius 1 is 1.00 bits per heavy atom. The lowest BCUT2D eigenvalue weighted by atomic mass is 10.1. The van der Waals surface area contributed by atoms with Gasteiger partial charge in [-0.2, -0.15) is 0 Å². The largest absolute Gasteiger partial charge is 0.368 e. The quantitative estimate of drug-likeness (QED) is 0.559. The SMILES string of the molecule is CCN1CCN(c2ccc(NC(=S)NC(=O)c3ccc4ccccc4c3)cc2Cl)CC1. The second-order valence-corrected chi connectivity index (χ2v) is 8.37. The van der Waals surface area contributed by atoms with Crippen molar-refractivity contribution in [2.75, 3.05) is 42.9 Å². The van der Waals surface area contributed by atoms with Crippen LogP contribution in [0.4, 0.5) is 11.4 Å². The highest BCUT2D eigenvalue weighted by Crippen LogP contribution is 2.29. The Bertz CT molecular complexity index is 1110. The van der Waals surface area contributed by atoms with Crippen LogP contribution in [0.5, 0.6) is 0 Å². The summed E-state index contributed by atoms with van der Waals surface area (Å²) in [5, 5.41) is 8.79. The van der Waals surface area contributed by atoms with Crippen molar-refractivity contribution in [1.82, 2.24) is 10.2 Å². The first-order valence-corrected chi connectivity index (χ1v) is 11.2. The van der Waals surface area contributed by atoms with E-state index in [0.29, 0.717) is 10.6 Å². The van der Waals surface area contributed by atoms with Gasteiger partial charge in [0.2, 0.25) is 0 Å². The Hall–Kier alpha value is -2.67. The fourth-order valence-electron chi connectivity index (χ4n) is 3.81. The van der Waals surface area contributed by atoms with Crippen LogP contribution in [0.2, 0.25) is 5.02 Å². The molecule has 0 atom stereocenters. The molecule has 0 unspecified atom stereocenters. The van der Waals surface area contributed by atoms with Gasteiger partial charge >= 0.3 is 0 Å². The van der Waals surface area contributed by atoms with E-state index in [4.69, 9.17) is 23.8 Å². The Morgan fingerprint density at radius 2 is 1.74 bits per heavy atom. The highest BCUT2D eigenvalue weighted by molar-refractivity contribution is 7.80. The first kappa shape index (κ1) is 21.6. The topological polar surface area (TPSA) is 47.6 Å². The van der Waals surface area contributed by atoms with Crippen LogP contribution in [0.15, 0.2) is 60.7 Å². The number of amides is 1. The summed E-state index contributed by atoms with van der Waals surface area (Å²) in [6.45, 7) is 7.26. The number of nitrogens with zero attached hydrogens (tertiary/aromatic N) is 2. The summed E-state index contributed by atoms with van der Waals surface area (Å²) in [4.78, 5) is 17.3. The number of piperazine rings is 1. The van der Waals surface area contributed by atoms with Crippen LogP contribution in [0.3, 0.4) is 0 Å². The van der Waals surface area contributed by atoms with Crippen molar-refractivity contribution in [2.24, 2.45) is 0 Å². The molecule has 160 valence electrons. The maximum atomic E-state index is 12.6. The second kappa shape index (κ2) is 9.64. The number of thiocarbonyl (C=S) groups is 1. The van der Waals surface area contributed by atoms with Crippen LogP contribution in [-0.4, -0.2) is 48.6 Å². The van der Waals surface area contributed by atoms with E-state index in [1.165, 1.54) is 0 Å². The average Bonchev–Trinajstić information content (AvgIpc) is 2.79. The number of carbonyl (C=O) groups is 1. The van der Waals surface area contributed by atoms with E-state index in [0.717, 1.165) is 54.9 Å². The molecular weight excluding hydrogens is 428 g/mol. The number of rotatable bonds is 4. The van der Waals surface area contributed by atoms with Gasteiger partial charge in [-0.05, 0) is 59.9 Å². The molecule has 3 aromatic carbocycles. The van der Waals surface area contributed by atoms with Gasteiger partial charge < -0.3 is 15.1 Å². The zero-order valence-corrected chi connectivity index (χ0v) is 19.0. The van der Waals surface area contributed by atoms with Crippen molar-refractivity contribution < 1.29 is 4.79 Å². The van der Waals surface area contributed by atoms with Crippen molar-refractivity contribution >= 4 is 57.0 Å². The Kier molecular flexibility index (Phi) is 6.70. The minimum atomic E-state index is -0.250. The van der Waals surface area contributed by atoms with Crippen molar-refractivity contribution in [3.63, 3.8) is 0 Å². The first-order chi connectivity index (χ1) is 15.0. The van der Waals surface area contributed by atoms with E-state index in [2.05, 4.69) is 27.4 Å². The van der Waals surface area contributed by atoms with Crippen LogP contribution < -0.4 is 15.5 Å². The summed E-state index contributed by atoms with van der Waals surface area (Å²) in [5.74, 6) is -0.250. The van der Waals surface area contributed by atoms with Gasteiger partial charge in [0, 0.05) is 37.4 Å². The van der Waals surface area contributed by atoms with Crippen LogP contribution in [0.25, 0.3) is 10.8 Å². The number of halogens is 1. The molecule has 1 aliphatic heterocycles. The van der Waals surface area contributed by atoms with Gasteiger partial charge in [-0.25, -0.2) is 0 Å². The van der Waals surface area contributed by atoms with Crippen molar-refractivity contribution in [3.8, 4) is 0 Å². The lowest BCUT2D eigenvalue weighted by Crippen LogP contribution is -2.46. The van der Waals surface area contributed by atoms with Gasteiger partial charge in [0.25, 0.3) is 5.91 Å². The van der Waals surface area contributed by atoms with Gasteiger partial charge in [0.05, 0.1) is 10.7 Å². The van der Waals surface area contributed by atoms with E-state index in [1.54, 1.807) is 6.07 Å². The van der Waals surface area contributed by atoms with Crippen LogP contribution in [-0.2, 0) is 0 Å². The molecule has 7 heteroatoms. The fourth-order valence-corrected chi connectivity index (χ4v) is 4.32. The zero-order valence-electron chi connectivity index (χ0n) is 17.4. The third kappa shape index (κ3) is 5.15. The van der Waals surface area contributed by atoms with Crippen molar-refractivity contribution in [1.29, 1.82) is 0 Å². The van der Waals surface area contributed by atoms with Gasteiger partial charge in [-0.15, -0.1) is 0 Å². The van der Waals surface area contributed by atoms with Gasteiger partial charge in [0.15, 0.2) is 5.11 Å². The molecule has 0 radical (unpaired) electrons. The maximum Gasteiger partial charge on any atom is 0.257 e. The molecule has 0 bridgehead atoms. The molecule has 1 fully saturated rings. The summed E-state index contributed by atoms with van der Waals surface area (Å²) in [6, 6.07) is 19.3. The van der Waals surface area contributed by atoms with E-state index in [1.807, 2.05) is 54.6 Å². The summed E-state index contributed by atoms with van der Waals surface area (Å²) in [7, 11) is 0. The molecule has 2 N–H and O–H groups in total. The minimum absolute atomic E-state index is 0.235. The van der Waals surface area contributed by atoms with E-state index < -0.39 is 0 Å². The number of fused-ring (bicyclic) bond motifs is 1. The fraction of sp³-hybridized carbons (Fsp3) is 0.250. The van der Waals surface area contributed by atoms with Crippen molar-refractivity contribution in [2.45, 2.75) is 6.92 Å². The molecule has 5 nitrogen and oxygen atoms in total. The summed E-state index contributed by atoms with van der Waals surface area (Å²) >= 11 is 11.9. The molecule has 1 heterocycles. The number of hydrogen-bond acceptors (Lipinski definition) is 4. The number of carbonyl (C=O) groups excluding carboxylic acids is 1. The third-order valence-electron chi connectivity index (χ3n) is 5.60. The van der Waals surface area contributed by atoms with Gasteiger partial charge in [-0.1, -0.05) is 48.9 Å². The number of hydrogen-bond donors (Lipinski definition) is 2. The second-order valence-electron chi connectivity index (χ2n) is 7.56. The van der Waals surface area contributed by atoms with Crippen molar-refractivity contribution in [3.05, 3.63) is 71.2 Å². The zero-order chi connectivity index (χ0) is 21.8. The summed E-state index contributed by atoms with van der Waals surface area (Å²) in [5.41, 5.74) is 2.32. The van der Waals surface area contributed by atoms with Gasteiger partial charge in [-0.3, -0.25) is 10.1 Å². The molecule has 4 rings (SSSR count). The first-order valence-electron chi connectivity index (χ1n) is 10.4. The minimum Gasteiger partial charge on any atom is -0.368 e. The van der Waals surface area contributed by atoms with Gasteiger partial charge in [0.1, 0.15) is 0 Å². The van der Waals surface area contributed by atoms with Crippen LogP contribution in [0.1, 0.15) is 17.3 Å². The molecule has 0 aliphatic carbocycles. The predicted molar refractivity (Wildman–Crippen MR) is 133 cm³/mol. The molecule has 1 amide bonds. The highest BCUT2D eigenvalue weighted by atomic mass is 35.5. The normalized spacial score (nSPS) is 14.5. The molecule has 0 aromatic heterocycles. The molecule has 1 saturated heterocycles. The summed E-state index contributed by atoms with van der Waals surface area (Å²) < 4.78 is 0.